The number of hydrogen-bond acceptors (Lipinski definition) is 4. The van der Waals surface area contributed by atoms with E-state index in [9.17, 15) is 22.8 Å². The highest BCUT2D eigenvalue weighted by molar-refractivity contribution is 6.32. The number of halogens is 4. The van der Waals surface area contributed by atoms with Crippen molar-refractivity contribution in [2.24, 2.45) is 0 Å². The highest BCUT2D eigenvalue weighted by Gasteiger charge is 2.31. The van der Waals surface area contributed by atoms with Crippen LogP contribution in [0.15, 0.2) is 12.3 Å². The third kappa shape index (κ3) is 4.79. The van der Waals surface area contributed by atoms with E-state index in [-0.39, 0.29) is 29.7 Å². The Morgan fingerprint density at radius 1 is 1.26 bits per heavy atom. The Bertz CT molecular complexity index is 878. The van der Waals surface area contributed by atoms with Crippen molar-refractivity contribution in [1.29, 1.82) is 0 Å². The molecular formula is C17H18ClF3N4O2. The van der Waals surface area contributed by atoms with E-state index >= 15 is 0 Å². The van der Waals surface area contributed by atoms with Crippen molar-refractivity contribution in [3.8, 4) is 0 Å². The zero-order valence-electron chi connectivity index (χ0n) is 14.8. The number of amides is 1. The summed E-state index contributed by atoms with van der Waals surface area (Å²) in [5.74, 6) is -0.439. The minimum atomic E-state index is -4.52. The summed E-state index contributed by atoms with van der Waals surface area (Å²) in [6, 6.07) is 0.782. The highest BCUT2D eigenvalue weighted by Crippen LogP contribution is 2.32. The summed E-state index contributed by atoms with van der Waals surface area (Å²) in [7, 11) is 0. The van der Waals surface area contributed by atoms with Gasteiger partial charge in [0.1, 0.15) is 11.5 Å². The van der Waals surface area contributed by atoms with E-state index in [0.29, 0.717) is 28.7 Å². The van der Waals surface area contributed by atoms with Gasteiger partial charge < -0.3 is 15.6 Å². The van der Waals surface area contributed by atoms with Crippen LogP contribution in [0, 0.1) is 13.8 Å². The van der Waals surface area contributed by atoms with Crippen molar-refractivity contribution in [3.05, 3.63) is 45.4 Å². The first kappa shape index (κ1) is 20.8. The van der Waals surface area contributed by atoms with Crippen LogP contribution in [0.1, 0.15) is 44.6 Å². The molecule has 0 spiro atoms. The number of H-pyrrole nitrogens is 1. The zero-order valence-corrected chi connectivity index (χ0v) is 15.6. The minimum absolute atomic E-state index is 0.0877. The first-order valence-electron chi connectivity index (χ1n) is 7.97. The minimum Gasteiger partial charge on any atom is -0.367 e. The molecule has 0 atom stereocenters. The number of nitrogens with zero attached hydrogens (tertiary/aromatic N) is 1. The van der Waals surface area contributed by atoms with E-state index in [4.69, 9.17) is 11.6 Å². The van der Waals surface area contributed by atoms with Crippen molar-refractivity contribution in [2.75, 3.05) is 18.4 Å². The van der Waals surface area contributed by atoms with Gasteiger partial charge in [-0.05, 0) is 32.4 Å². The maximum atomic E-state index is 12.6. The van der Waals surface area contributed by atoms with Gasteiger partial charge in [-0.3, -0.25) is 9.59 Å². The average molecular weight is 403 g/mol. The van der Waals surface area contributed by atoms with Crippen LogP contribution in [0.3, 0.4) is 0 Å². The van der Waals surface area contributed by atoms with E-state index in [1.807, 2.05) is 0 Å². The summed E-state index contributed by atoms with van der Waals surface area (Å²) >= 11 is 5.79. The number of ketones is 1. The number of nitrogens with one attached hydrogen (secondary N) is 3. The first-order chi connectivity index (χ1) is 12.5. The quantitative estimate of drug-likeness (QED) is 0.507. The molecule has 2 rings (SSSR count). The maximum absolute atomic E-state index is 12.6. The van der Waals surface area contributed by atoms with Gasteiger partial charge in [0.05, 0.1) is 10.6 Å². The fourth-order valence-electron chi connectivity index (χ4n) is 2.67. The smallest absolute Gasteiger partial charge is 0.367 e. The maximum Gasteiger partial charge on any atom is 0.417 e. The molecule has 0 saturated heterocycles. The van der Waals surface area contributed by atoms with Crippen molar-refractivity contribution in [2.45, 2.75) is 26.9 Å². The molecule has 27 heavy (non-hydrogen) atoms. The lowest BCUT2D eigenvalue weighted by Gasteiger charge is -2.11. The van der Waals surface area contributed by atoms with Gasteiger partial charge >= 0.3 is 6.18 Å². The number of pyridine rings is 1. The summed E-state index contributed by atoms with van der Waals surface area (Å²) in [6.07, 6.45) is -3.84. The molecular weight excluding hydrogens is 385 g/mol. The number of carbonyl (C=O) groups is 2. The van der Waals surface area contributed by atoms with Gasteiger partial charge in [0.25, 0.3) is 5.91 Å². The second-order valence-corrected chi connectivity index (χ2v) is 6.32. The van der Waals surface area contributed by atoms with Crippen molar-refractivity contribution in [3.63, 3.8) is 0 Å². The Balaban J connectivity index is 1.93. The zero-order chi connectivity index (χ0) is 20.4. The van der Waals surface area contributed by atoms with Crippen LogP contribution in [-0.2, 0) is 6.18 Å². The number of aromatic nitrogens is 2. The lowest BCUT2D eigenvalue weighted by atomic mass is 10.1. The molecule has 0 bridgehead atoms. The van der Waals surface area contributed by atoms with Crippen LogP contribution in [0.5, 0.6) is 0 Å². The van der Waals surface area contributed by atoms with Crippen molar-refractivity contribution >= 4 is 29.1 Å². The Labute approximate surface area is 158 Å². The van der Waals surface area contributed by atoms with Crippen LogP contribution < -0.4 is 10.6 Å². The van der Waals surface area contributed by atoms with Gasteiger partial charge in [-0.25, -0.2) is 4.98 Å². The second-order valence-electron chi connectivity index (χ2n) is 5.92. The Hall–Kier alpha value is -2.55. The SMILES string of the molecule is CC(=O)c1c(C)[nH]c(C(=O)NCCNc2ncc(C(F)(F)F)cc2Cl)c1C. The fraction of sp³-hybridized carbons (Fsp3) is 0.353. The Kier molecular flexibility index (Phi) is 6.15. The van der Waals surface area contributed by atoms with E-state index in [0.717, 1.165) is 6.07 Å². The number of hydrogen-bond donors (Lipinski definition) is 3. The molecule has 2 aromatic heterocycles. The molecule has 0 aliphatic rings. The summed E-state index contributed by atoms with van der Waals surface area (Å²) in [4.78, 5) is 30.4. The van der Waals surface area contributed by atoms with Gasteiger partial charge in [0, 0.05) is 30.5 Å². The molecule has 6 nitrogen and oxygen atoms in total. The molecule has 0 saturated carbocycles. The molecule has 2 aromatic rings. The van der Waals surface area contributed by atoms with Gasteiger partial charge in [-0.15, -0.1) is 0 Å². The molecule has 0 aliphatic heterocycles. The van der Waals surface area contributed by atoms with Crippen LogP contribution in [0.2, 0.25) is 5.02 Å². The fourth-order valence-corrected chi connectivity index (χ4v) is 2.91. The van der Waals surface area contributed by atoms with E-state index in [1.165, 1.54) is 6.92 Å². The first-order valence-corrected chi connectivity index (χ1v) is 8.35. The van der Waals surface area contributed by atoms with E-state index in [2.05, 4.69) is 20.6 Å². The molecule has 0 aliphatic carbocycles. The molecule has 146 valence electrons. The predicted octanol–water partition coefficient (Wildman–Crippen LogP) is 3.74. The molecule has 0 unspecified atom stereocenters. The third-order valence-corrected chi connectivity index (χ3v) is 4.18. The molecule has 0 radical (unpaired) electrons. The Morgan fingerprint density at radius 3 is 2.44 bits per heavy atom. The average Bonchev–Trinajstić information content (AvgIpc) is 2.86. The van der Waals surface area contributed by atoms with Gasteiger partial charge in [-0.1, -0.05) is 11.6 Å². The molecule has 1 amide bonds. The number of Topliss-reactive ketones (excluding diaryl/α,β-unsaturated/α-hetero) is 1. The van der Waals surface area contributed by atoms with Crippen LogP contribution in [-0.4, -0.2) is 34.7 Å². The van der Waals surface area contributed by atoms with Gasteiger partial charge in [-0.2, -0.15) is 13.2 Å². The van der Waals surface area contributed by atoms with Crippen LogP contribution in [0.25, 0.3) is 0 Å². The predicted molar refractivity (Wildman–Crippen MR) is 95.3 cm³/mol. The van der Waals surface area contributed by atoms with Crippen LogP contribution >= 0.6 is 11.6 Å². The second kappa shape index (κ2) is 7.99. The summed E-state index contributed by atoms with van der Waals surface area (Å²) in [5, 5.41) is 5.24. The third-order valence-electron chi connectivity index (χ3n) is 3.89. The number of alkyl halides is 3. The largest absolute Gasteiger partial charge is 0.417 e. The molecule has 0 aromatic carbocycles. The normalized spacial score (nSPS) is 11.4. The highest BCUT2D eigenvalue weighted by atomic mass is 35.5. The number of aryl methyl sites for hydroxylation is 1. The number of carbonyl (C=O) groups excluding carboxylic acids is 2. The number of aromatic amines is 1. The van der Waals surface area contributed by atoms with Crippen molar-refractivity contribution in [1.82, 2.24) is 15.3 Å². The molecule has 3 N–H and O–H groups in total. The standard InChI is InChI=1S/C17H18ClF3N4O2/c1-8-13(10(3)26)9(2)25-14(8)16(27)23-5-4-22-15-12(18)6-11(7-24-15)17(19,20)21/h6-7,25H,4-5H2,1-3H3,(H,22,24)(H,23,27). The lowest BCUT2D eigenvalue weighted by Crippen LogP contribution is -2.29. The summed E-state index contributed by atoms with van der Waals surface area (Å²) < 4.78 is 37.7. The number of rotatable bonds is 6. The lowest BCUT2D eigenvalue weighted by molar-refractivity contribution is -0.137. The van der Waals surface area contributed by atoms with E-state index < -0.39 is 17.6 Å². The summed E-state index contributed by atoms with van der Waals surface area (Å²) in [5.41, 5.74) is 1.02. The van der Waals surface area contributed by atoms with Gasteiger partial charge in [0.15, 0.2) is 5.78 Å². The Morgan fingerprint density at radius 2 is 1.93 bits per heavy atom. The topological polar surface area (TPSA) is 86.9 Å². The summed E-state index contributed by atoms with van der Waals surface area (Å²) in [6.45, 7) is 5.18. The van der Waals surface area contributed by atoms with Crippen LogP contribution in [0.4, 0.5) is 19.0 Å². The van der Waals surface area contributed by atoms with E-state index in [1.54, 1.807) is 13.8 Å². The monoisotopic (exact) mass is 402 g/mol. The van der Waals surface area contributed by atoms with Crippen molar-refractivity contribution < 1.29 is 22.8 Å². The van der Waals surface area contributed by atoms with Gasteiger partial charge in [0.2, 0.25) is 0 Å². The molecule has 10 heteroatoms. The number of anilines is 1. The molecule has 0 fully saturated rings. The molecule has 2 heterocycles.